The number of sulfonamides is 1. The van der Waals surface area contributed by atoms with Crippen molar-refractivity contribution < 1.29 is 50.2 Å². The Morgan fingerprint density at radius 3 is 2.50 bits per heavy atom. The molecule has 0 aromatic carbocycles. The van der Waals surface area contributed by atoms with E-state index in [0.717, 1.165) is 5.56 Å². The predicted octanol–water partition coefficient (Wildman–Crippen LogP) is 4.87. The van der Waals surface area contributed by atoms with E-state index in [-0.39, 0.29) is 31.2 Å². The summed E-state index contributed by atoms with van der Waals surface area (Å²) in [6.07, 6.45) is 1.92. The molecule has 2 aromatic rings. The number of carbonyl (C=O) groups is 4. The second-order valence-electron chi connectivity index (χ2n) is 16.2. The number of ether oxygens (including phenoxy) is 2. The first-order valence-electron chi connectivity index (χ1n) is 18.6. The Hall–Kier alpha value is -4.26. The molecule has 3 N–H and O–H groups in total. The number of hydrogen-bond donors (Lipinski definition) is 3. The Morgan fingerprint density at radius 1 is 1.11 bits per heavy atom. The van der Waals surface area contributed by atoms with Gasteiger partial charge in [-0.15, -0.1) is 11.3 Å². The van der Waals surface area contributed by atoms with Crippen molar-refractivity contribution in [3.8, 4) is 16.5 Å². The molecule has 2 aromatic heterocycles. The number of halogens is 3. The van der Waals surface area contributed by atoms with Crippen LogP contribution in [0.3, 0.4) is 0 Å². The summed E-state index contributed by atoms with van der Waals surface area (Å²) in [5.41, 5.74) is -3.79. The van der Waals surface area contributed by atoms with Crippen LogP contribution >= 0.6 is 11.3 Å². The third-order valence-corrected chi connectivity index (χ3v) is 14.2. The number of fused-ring (bicyclic) bond motifs is 2. The van der Waals surface area contributed by atoms with Crippen molar-refractivity contribution in [2.75, 3.05) is 6.54 Å². The highest BCUT2D eigenvalue weighted by Gasteiger charge is 2.63. The number of hydrogen-bond acceptors (Lipinski definition) is 11. The summed E-state index contributed by atoms with van der Waals surface area (Å²) in [5.74, 6) is -3.46. The summed E-state index contributed by atoms with van der Waals surface area (Å²) in [6, 6.07) is 0.673. The minimum Gasteiger partial charge on any atom is -0.472 e. The first kappa shape index (κ1) is 41.4. The number of amides is 4. The van der Waals surface area contributed by atoms with Crippen LogP contribution in [0.5, 0.6) is 5.88 Å². The minimum absolute atomic E-state index is 0.0300. The Bertz CT molecular complexity index is 1970. The number of rotatable bonds is 8. The van der Waals surface area contributed by atoms with Crippen LogP contribution in [0, 0.1) is 17.8 Å². The summed E-state index contributed by atoms with van der Waals surface area (Å²) < 4.78 is 79.5. The van der Waals surface area contributed by atoms with Crippen molar-refractivity contribution in [2.45, 2.75) is 120 Å². The molecule has 2 aliphatic heterocycles. The van der Waals surface area contributed by atoms with E-state index in [9.17, 15) is 40.8 Å². The van der Waals surface area contributed by atoms with Crippen molar-refractivity contribution in [3.05, 3.63) is 42.1 Å². The Kier molecular flexibility index (Phi) is 11.3. The monoisotopic (exact) mass is 824 g/mol. The zero-order valence-electron chi connectivity index (χ0n) is 31.7. The van der Waals surface area contributed by atoms with Gasteiger partial charge in [0.15, 0.2) is 0 Å². The number of nitrogens with one attached hydrogen (secondary N) is 3. The number of pyridine rings is 1. The Labute approximate surface area is 327 Å². The zero-order chi connectivity index (χ0) is 40.8. The molecule has 0 spiro atoms. The normalized spacial score (nSPS) is 30.0. The fraction of sp³-hybridized carbons (Fsp3) is 0.622. The second kappa shape index (κ2) is 15.2. The number of nitrogens with zero attached hydrogens (tertiary/aromatic N) is 3. The molecule has 4 amide bonds. The number of aromatic nitrogens is 2. The topological polar surface area (TPSA) is 186 Å². The van der Waals surface area contributed by atoms with Crippen molar-refractivity contribution in [1.29, 1.82) is 0 Å². The van der Waals surface area contributed by atoms with E-state index in [1.807, 2.05) is 18.4 Å². The summed E-state index contributed by atoms with van der Waals surface area (Å²) in [6.45, 7) is 6.35. The van der Waals surface area contributed by atoms with Crippen LogP contribution in [0.1, 0.15) is 79.6 Å². The van der Waals surface area contributed by atoms with Crippen molar-refractivity contribution >= 4 is 45.2 Å². The molecule has 4 heterocycles. The maximum Gasteiger partial charge on any atom is 0.427 e. The molecule has 14 nitrogen and oxygen atoms in total. The molecular weight excluding hydrogens is 778 g/mol. The van der Waals surface area contributed by atoms with Crippen LogP contribution < -0.4 is 20.1 Å². The van der Waals surface area contributed by atoms with Gasteiger partial charge in [0.05, 0.1) is 11.3 Å². The molecule has 19 heteroatoms. The van der Waals surface area contributed by atoms with Gasteiger partial charge < -0.3 is 25.0 Å². The smallest absolute Gasteiger partial charge is 0.427 e. The molecular formula is C37H47F3N6O8S2. The van der Waals surface area contributed by atoms with E-state index < -0.39 is 85.9 Å². The summed E-state index contributed by atoms with van der Waals surface area (Å²) in [4.78, 5) is 65.8. The van der Waals surface area contributed by atoms with Crippen molar-refractivity contribution in [1.82, 2.24) is 30.2 Å². The lowest BCUT2D eigenvalue weighted by molar-refractivity contribution is -0.244. The molecule has 2 saturated carbocycles. The lowest BCUT2D eigenvalue weighted by Gasteiger charge is -2.34. The van der Waals surface area contributed by atoms with Gasteiger partial charge in [-0.3, -0.25) is 19.1 Å². The number of carbonyl (C=O) groups excluding carboxylic acids is 4. The molecule has 3 fully saturated rings. The standard InChI is InChI=1S/C37H47F3N6O8S2/c1-21-8-6-7-9-24-19-36(24,32(49)45-56(51,52)35(5)11-12-35)44-29(47)26-18-25(53-27-17-23(10-13-41-27)30-42-14-15-55-30)20-46(26)31(48)28(22(2)16-21)43-33(50)54-34(3,4)37(38,39)40/h7,9-10,13-15,17,21-22,24-26,28H,6,8,11-12,16,18-20H2,1-5H3,(H,43,50)(H,44,47)(H,45,49)/b9-7-/t21-,22+,24?,25+,26-,28-,36+/m0/s1. The van der Waals surface area contributed by atoms with Gasteiger partial charge in [-0.25, -0.2) is 23.2 Å². The number of alkyl halides is 3. The van der Waals surface area contributed by atoms with Crippen LogP contribution in [0.25, 0.3) is 10.6 Å². The molecule has 7 atom stereocenters. The van der Waals surface area contributed by atoms with E-state index in [1.54, 1.807) is 31.3 Å². The number of thiazole rings is 1. The van der Waals surface area contributed by atoms with E-state index in [4.69, 9.17) is 9.47 Å². The van der Waals surface area contributed by atoms with Gasteiger partial charge in [0.25, 0.3) is 5.91 Å². The number of allylic oxidation sites excluding steroid dienone is 1. The molecule has 56 heavy (non-hydrogen) atoms. The Morgan fingerprint density at radius 2 is 1.84 bits per heavy atom. The highest BCUT2D eigenvalue weighted by molar-refractivity contribution is 7.91. The third kappa shape index (κ3) is 8.67. The fourth-order valence-electron chi connectivity index (χ4n) is 7.19. The average Bonchev–Trinajstić information content (AvgIpc) is 3.86. The van der Waals surface area contributed by atoms with Gasteiger partial charge in [-0.1, -0.05) is 26.0 Å². The van der Waals surface area contributed by atoms with E-state index in [1.165, 1.54) is 29.4 Å². The highest BCUT2D eigenvalue weighted by Crippen LogP contribution is 2.47. The molecule has 0 radical (unpaired) electrons. The second-order valence-corrected chi connectivity index (χ2v) is 19.3. The summed E-state index contributed by atoms with van der Waals surface area (Å²) in [7, 11) is -4.07. The van der Waals surface area contributed by atoms with Gasteiger partial charge in [-0.2, -0.15) is 13.2 Å². The zero-order valence-corrected chi connectivity index (χ0v) is 33.4. The first-order valence-corrected chi connectivity index (χ1v) is 21.0. The Balaban J connectivity index is 1.33. The SMILES string of the molecule is C[C@H]1CC/C=C\C2C[C@@]2(C(=O)NS(=O)(=O)C2(C)CC2)NC(=O)[C@@H]2C[C@@H](Oc3cc(-c4nccs4)ccn3)CN2C(=O)[C@@H](NC(=O)OC(C)(C)C(F)(F)F)[C@H](C)C1. The molecule has 1 unspecified atom stereocenters. The molecule has 0 bridgehead atoms. The summed E-state index contributed by atoms with van der Waals surface area (Å²) in [5, 5.41) is 7.67. The number of alkyl carbamates (subject to hydrolysis) is 1. The van der Waals surface area contributed by atoms with Crippen molar-refractivity contribution in [2.24, 2.45) is 17.8 Å². The van der Waals surface area contributed by atoms with Crippen LogP contribution in [-0.2, 0) is 29.1 Å². The largest absolute Gasteiger partial charge is 0.472 e. The van der Waals surface area contributed by atoms with Crippen LogP contribution in [0.2, 0.25) is 0 Å². The molecule has 2 aliphatic carbocycles. The fourth-order valence-corrected chi connectivity index (χ4v) is 9.13. The molecule has 4 aliphatic rings. The third-order valence-electron chi connectivity index (χ3n) is 11.3. The van der Waals surface area contributed by atoms with Crippen LogP contribution in [-0.4, -0.2) is 93.9 Å². The summed E-state index contributed by atoms with van der Waals surface area (Å²) >= 11 is 1.40. The molecule has 1 saturated heterocycles. The van der Waals surface area contributed by atoms with Crippen LogP contribution in [0.4, 0.5) is 18.0 Å². The van der Waals surface area contributed by atoms with Crippen molar-refractivity contribution in [3.63, 3.8) is 0 Å². The lowest BCUT2D eigenvalue weighted by atomic mass is 9.88. The van der Waals surface area contributed by atoms with Gasteiger partial charge >= 0.3 is 12.3 Å². The van der Waals surface area contributed by atoms with Gasteiger partial charge in [-0.05, 0) is 77.2 Å². The first-order chi connectivity index (χ1) is 26.1. The molecule has 306 valence electrons. The van der Waals surface area contributed by atoms with Gasteiger partial charge in [0, 0.05) is 41.7 Å². The van der Waals surface area contributed by atoms with Crippen LogP contribution in [0.15, 0.2) is 42.1 Å². The maximum atomic E-state index is 14.6. The minimum atomic E-state index is -4.91. The van der Waals surface area contributed by atoms with E-state index in [2.05, 4.69) is 25.3 Å². The highest BCUT2D eigenvalue weighted by atomic mass is 32.2. The average molecular weight is 825 g/mol. The van der Waals surface area contributed by atoms with E-state index in [0.29, 0.717) is 51.0 Å². The van der Waals surface area contributed by atoms with Gasteiger partial charge in [0.1, 0.15) is 28.7 Å². The molecule has 6 rings (SSSR count). The van der Waals surface area contributed by atoms with Gasteiger partial charge in [0.2, 0.25) is 33.3 Å². The lowest BCUT2D eigenvalue weighted by Crippen LogP contribution is -2.59. The van der Waals surface area contributed by atoms with E-state index >= 15 is 0 Å². The maximum absolute atomic E-state index is 14.6. The quantitative estimate of drug-likeness (QED) is 0.310. The predicted molar refractivity (Wildman–Crippen MR) is 198 cm³/mol.